The topological polar surface area (TPSA) is 104 Å². The van der Waals surface area contributed by atoms with Gasteiger partial charge in [0.05, 0.1) is 15.5 Å². The molecular weight excluding hydrogens is 499 g/mol. The second kappa shape index (κ2) is 11.1. The van der Waals surface area contributed by atoms with Gasteiger partial charge >= 0.3 is 0 Å². The highest BCUT2D eigenvalue weighted by molar-refractivity contribution is 7.09. The number of hydrogen-bond acceptors (Lipinski definition) is 8. The van der Waals surface area contributed by atoms with E-state index in [1.165, 1.54) is 29.7 Å². The largest absolute Gasteiger partial charge is 0.351 e. The molecule has 0 atom stereocenters. The Kier molecular flexibility index (Phi) is 7.94. The molecule has 2 aromatic carbocycles. The summed E-state index contributed by atoms with van der Waals surface area (Å²) in [4.78, 5) is 31.8. The van der Waals surface area contributed by atoms with Crippen molar-refractivity contribution in [2.45, 2.75) is 6.42 Å². The van der Waals surface area contributed by atoms with Crippen LogP contribution in [0, 0.1) is 10.1 Å². The van der Waals surface area contributed by atoms with Crippen molar-refractivity contribution in [3.05, 3.63) is 79.6 Å². The van der Waals surface area contributed by atoms with Crippen LogP contribution in [0.4, 0.5) is 10.8 Å². The van der Waals surface area contributed by atoms with Gasteiger partial charge in [-0.3, -0.25) is 19.8 Å². The number of piperazine rings is 1. The molecule has 0 unspecified atom stereocenters. The number of benzene rings is 2. The van der Waals surface area contributed by atoms with E-state index >= 15 is 0 Å². The first-order valence-electron chi connectivity index (χ1n) is 10.7. The zero-order chi connectivity index (χ0) is 24.1. The van der Waals surface area contributed by atoms with Gasteiger partial charge in [0.15, 0.2) is 0 Å². The van der Waals surface area contributed by atoms with E-state index in [0.717, 1.165) is 42.7 Å². The summed E-state index contributed by atoms with van der Waals surface area (Å²) in [5.74, 6) is 0.456. The van der Waals surface area contributed by atoms with Crippen LogP contribution in [-0.4, -0.2) is 64.4 Å². The minimum absolute atomic E-state index is 0.0628. The molecule has 0 bridgehead atoms. The number of amides is 1. The normalized spacial score (nSPS) is 14.2. The van der Waals surface area contributed by atoms with Crippen LogP contribution in [0.1, 0.15) is 21.7 Å². The minimum Gasteiger partial charge on any atom is -0.351 e. The molecule has 4 rings (SSSR count). The molecule has 178 valence electrons. The number of rotatable bonds is 8. The summed E-state index contributed by atoms with van der Waals surface area (Å²) in [5.41, 5.74) is 1.20. The highest BCUT2D eigenvalue weighted by Gasteiger charge is 2.21. The quantitative estimate of drug-likeness (QED) is 0.354. The van der Waals surface area contributed by atoms with Crippen LogP contribution in [0.2, 0.25) is 10.0 Å². The van der Waals surface area contributed by atoms with E-state index in [1.54, 1.807) is 0 Å². The van der Waals surface area contributed by atoms with Crippen molar-refractivity contribution in [2.24, 2.45) is 0 Å². The van der Waals surface area contributed by atoms with Gasteiger partial charge in [-0.05, 0) is 23.8 Å². The molecule has 2 heterocycles. The van der Waals surface area contributed by atoms with Crippen LogP contribution in [0.3, 0.4) is 0 Å². The fourth-order valence-electron chi connectivity index (χ4n) is 3.62. The molecular formula is C22H22Cl2N6O3S. The monoisotopic (exact) mass is 520 g/mol. The van der Waals surface area contributed by atoms with Gasteiger partial charge in [0.25, 0.3) is 11.6 Å². The number of nitrogens with one attached hydrogen (secondary N) is 1. The summed E-state index contributed by atoms with van der Waals surface area (Å²) < 4.78 is 4.49. The number of halogens is 2. The van der Waals surface area contributed by atoms with E-state index in [0.29, 0.717) is 24.5 Å². The van der Waals surface area contributed by atoms with Crippen molar-refractivity contribution in [1.29, 1.82) is 0 Å². The number of nitro groups is 1. The van der Waals surface area contributed by atoms with E-state index < -0.39 is 4.92 Å². The number of carbonyl (C=O) groups is 1. The van der Waals surface area contributed by atoms with E-state index in [4.69, 9.17) is 28.2 Å². The van der Waals surface area contributed by atoms with Crippen molar-refractivity contribution in [3.63, 3.8) is 0 Å². The number of aromatic nitrogens is 2. The lowest BCUT2D eigenvalue weighted by Crippen LogP contribution is -2.48. The van der Waals surface area contributed by atoms with Crippen LogP contribution in [0.25, 0.3) is 0 Å². The van der Waals surface area contributed by atoms with Gasteiger partial charge in [0.2, 0.25) is 5.13 Å². The van der Waals surface area contributed by atoms with Crippen molar-refractivity contribution in [3.8, 4) is 0 Å². The van der Waals surface area contributed by atoms with Gasteiger partial charge in [-0.2, -0.15) is 4.37 Å². The second-order valence-corrected chi connectivity index (χ2v) is 9.38. The fraction of sp³-hybridized carbons (Fsp3) is 0.318. The molecule has 0 saturated carbocycles. The number of nitrogens with zero attached hydrogens (tertiary/aromatic N) is 5. The van der Waals surface area contributed by atoms with E-state index in [-0.39, 0.29) is 22.2 Å². The van der Waals surface area contributed by atoms with E-state index in [9.17, 15) is 14.9 Å². The summed E-state index contributed by atoms with van der Waals surface area (Å²) in [6, 6.07) is 11.5. The molecule has 0 aliphatic carbocycles. The third-order valence-electron chi connectivity index (χ3n) is 5.50. The minimum atomic E-state index is -0.546. The van der Waals surface area contributed by atoms with Crippen molar-refractivity contribution in [1.82, 2.24) is 19.6 Å². The molecule has 34 heavy (non-hydrogen) atoms. The van der Waals surface area contributed by atoms with Crippen LogP contribution in [0.5, 0.6) is 0 Å². The Morgan fingerprint density at radius 3 is 2.53 bits per heavy atom. The smallest absolute Gasteiger partial charge is 0.270 e. The van der Waals surface area contributed by atoms with Crippen LogP contribution in [0.15, 0.2) is 42.5 Å². The molecule has 12 heteroatoms. The number of nitro benzene ring substituents is 1. The van der Waals surface area contributed by atoms with E-state index in [2.05, 4.69) is 19.5 Å². The summed E-state index contributed by atoms with van der Waals surface area (Å²) in [6.45, 7) is 4.51. The van der Waals surface area contributed by atoms with Gasteiger partial charge in [0.1, 0.15) is 5.82 Å². The fourth-order valence-corrected chi connectivity index (χ4v) is 4.74. The Labute approximate surface area is 210 Å². The SMILES string of the molecule is O=C(NCCN1CCN(c2nc(Cc3ccc(Cl)cc3)ns2)CC1)c1ccc([N+](=O)[O-])cc1Cl. The van der Waals surface area contributed by atoms with Crippen LogP contribution < -0.4 is 10.2 Å². The Hall–Kier alpha value is -2.79. The zero-order valence-corrected chi connectivity index (χ0v) is 20.4. The molecule has 1 fully saturated rings. The maximum atomic E-state index is 12.4. The van der Waals surface area contributed by atoms with Gasteiger partial charge in [-0.15, -0.1) is 0 Å². The molecule has 9 nitrogen and oxygen atoms in total. The Morgan fingerprint density at radius 1 is 1.12 bits per heavy atom. The highest BCUT2D eigenvalue weighted by Crippen LogP contribution is 2.23. The van der Waals surface area contributed by atoms with Crippen LogP contribution >= 0.6 is 34.7 Å². The molecule has 0 spiro atoms. The van der Waals surface area contributed by atoms with Crippen molar-refractivity contribution >= 4 is 51.5 Å². The summed E-state index contributed by atoms with van der Waals surface area (Å²) in [6.07, 6.45) is 0.673. The number of hydrogen-bond donors (Lipinski definition) is 1. The number of anilines is 1. The second-order valence-electron chi connectivity index (χ2n) is 7.80. The maximum Gasteiger partial charge on any atom is 0.270 e. The predicted molar refractivity (Wildman–Crippen MR) is 133 cm³/mol. The lowest BCUT2D eigenvalue weighted by Gasteiger charge is -2.34. The third-order valence-corrected chi connectivity index (χ3v) is 6.88. The Morgan fingerprint density at radius 2 is 1.85 bits per heavy atom. The van der Waals surface area contributed by atoms with Gasteiger partial charge in [-0.1, -0.05) is 35.3 Å². The van der Waals surface area contributed by atoms with Gasteiger partial charge in [0, 0.05) is 74.4 Å². The molecule has 1 aliphatic rings. The molecule has 1 saturated heterocycles. The highest BCUT2D eigenvalue weighted by atomic mass is 35.5. The van der Waals surface area contributed by atoms with Crippen LogP contribution in [-0.2, 0) is 6.42 Å². The molecule has 1 aliphatic heterocycles. The summed E-state index contributed by atoms with van der Waals surface area (Å²) in [7, 11) is 0. The molecule has 1 amide bonds. The standard InChI is InChI=1S/C22H22Cl2N6O3S/c23-16-3-1-15(2-4-16)13-20-26-22(34-27-20)29-11-9-28(10-12-29)8-7-25-21(31)18-6-5-17(30(32)33)14-19(18)24/h1-6,14H,7-13H2,(H,25,31). The number of non-ortho nitro benzene ring substituents is 1. The number of carbonyl (C=O) groups excluding carboxylic acids is 1. The van der Waals surface area contributed by atoms with Gasteiger partial charge < -0.3 is 10.2 Å². The molecule has 0 radical (unpaired) electrons. The molecule has 1 N–H and O–H groups in total. The van der Waals surface area contributed by atoms with Crippen molar-refractivity contribution < 1.29 is 9.72 Å². The molecule has 1 aromatic heterocycles. The summed E-state index contributed by atoms with van der Waals surface area (Å²) >= 11 is 13.4. The van der Waals surface area contributed by atoms with Gasteiger partial charge in [-0.25, -0.2) is 4.98 Å². The first-order valence-corrected chi connectivity index (χ1v) is 12.2. The van der Waals surface area contributed by atoms with Crippen molar-refractivity contribution in [2.75, 3.05) is 44.2 Å². The predicted octanol–water partition coefficient (Wildman–Crippen LogP) is 3.90. The first-order chi connectivity index (χ1) is 16.4. The lowest BCUT2D eigenvalue weighted by molar-refractivity contribution is -0.384. The zero-order valence-electron chi connectivity index (χ0n) is 18.1. The average molecular weight is 521 g/mol. The first kappa shape index (κ1) is 24.3. The third kappa shape index (κ3) is 6.20. The summed E-state index contributed by atoms with van der Waals surface area (Å²) in [5, 5.41) is 15.3. The Balaban J connectivity index is 1.21. The average Bonchev–Trinajstić information content (AvgIpc) is 3.29. The van der Waals surface area contributed by atoms with E-state index in [1.807, 2.05) is 24.3 Å². The maximum absolute atomic E-state index is 12.4. The lowest BCUT2D eigenvalue weighted by atomic mass is 10.1. The molecule has 3 aromatic rings. The Bertz CT molecular complexity index is 1170.